The van der Waals surface area contributed by atoms with E-state index in [1.165, 1.54) is 25.3 Å². The first-order chi connectivity index (χ1) is 9.04. The van der Waals surface area contributed by atoms with Crippen LogP contribution in [0.2, 0.25) is 0 Å². The van der Waals surface area contributed by atoms with Gasteiger partial charge in [-0.2, -0.15) is 0 Å². The molecule has 0 bridgehead atoms. The van der Waals surface area contributed by atoms with Crippen LogP contribution in [0.1, 0.15) is 30.6 Å². The Morgan fingerprint density at radius 2 is 2.16 bits per heavy atom. The number of hydrogen-bond donors (Lipinski definition) is 1. The molecule has 0 unspecified atom stereocenters. The molecule has 1 N–H and O–H groups in total. The first-order valence-corrected chi connectivity index (χ1v) is 6.28. The van der Waals surface area contributed by atoms with Gasteiger partial charge in [0.2, 0.25) is 0 Å². The Morgan fingerprint density at radius 1 is 1.42 bits per heavy atom. The number of carbonyl (C=O) groups is 1. The highest BCUT2D eigenvalue weighted by atomic mass is 19.1. The molecule has 0 atom stereocenters. The van der Waals surface area contributed by atoms with Crippen molar-refractivity contribution < 1.29 is 18.7 Å². The van der Waals surface area contributed by atoms with E-state index in [0.717, 1.165) is 6.42 Å². The normalized spacial score (nSPS) is 10.6. The highest BCUT2D eigenvalue weighted by Gasteiger charge is 2.09. The maximum Gasteiger partial charge on any atom is 0.251 e. The summed E-state index contributed by atoms with van der Waals surface area (Å²) < 4.78 is 23.6. The summed E-state index contributed by atoms with van der Waals surface area (Å²) in [6.45, 7) is 5.01. The molecule has 0 aliphatic carbocycles. The molecule has 0 saturated carbocycles. The summed E-state index contributed by atoms with van der Waals surface area (Å²) in [5.41, 5.74) is 0.281. The minimum atomic E-state index is -0.543. The maximum absolute atomic E-state index is 13.4. The number of rotatable bonds is 7. The predicted octanol–water partition coefficient (Wildman–Crippen LogP) is 2.38. The van der Waals surface area contributed by atoms with Crippen molar-refractivity contribution in [1.82, 2.24) is 5.32 Å². The molecule has 0 radical (unpaired) electrons. The number of amides is 1. The number of nitrogens with one attached hydrogen (secondary N) is 1. The minimum absolute atomic E-state index is 0.127. The standard InChI is InChI=1S/C14H20FNO3/c1-10(2)19-8-4-7-16-14(17)11-5-6-13(18-3)12(15)9-11/h5-6,9-10H,4,7-8H2,1-3H3,(H,16,17). The van der Waals surface area contributed by atoms with Gasteiger partial charge in [0.1, 0.15) is 0 Å². The third-order valence-corrected chi connectivity index (χ3v) is 2.47. The molecule has 0 aliphatic heterocycles. The Bertz CT molecular complexity index is 421. The third kappa shape index (κ3) is 5.26. The molecule has 0 heterocycles. The highest BCUT2D eigenvalue weighted by molar-refractivity contribution is 5.94. The van der Waals surface area contributed by atoms with Crippen LogP contribution in [0.3, 0.4) is 0 Å². The number of methoxy groups -OCH3 is 1. The van der Waals surface area contributed by atoms with Gasteiger partial charge in [-0.15, -0.1) is 0 Å². The summed E-state index contributed by atoms with van der Waals surface area (Å²) in [6, 6.07) is 4.13. The van der Waals surface area contributed by atoms with Gasteiger partial charge in [0.25, 0.3) is 5.91 Å². The summed E-state index contributed by atoms with van der Waals surface area (Å²) in [6.07, 6.45) is 0.911. The lowest BCUT2D eigenvalue weighted by molar-refractivity contribution is 0.0757. The van der Waals surface area contributed by atoms with E-state index in [1.807, 2.05) is 13.8 Å². The Balaban J connectivity index is 2.39. The van der Waals surface area contributed by atoms with Crippen LogP contribution in [0.15, 0.2) is 18.2 Å². The van der Waals surface area contributed by atoms with E-state index >= 15 is 0 Å². The fourth-order valence-electron chi connectivity index (χ4n) is 1.50. The molecule has 0 spiro atoms. The average Bonchev–Trinajstić information content (AvgIpc) is 2.37. The summed E-state index contributed by atoms with van der Waals surface area (Å²) in [4.78, 5) is 11.7. The van der Waals surface area contributed by atoms with Crippen LogP contribution in [0, 0.1) is 5.82 Å². The van der Waals surface area contributed by atoms with Gasteiger partial charge in [0.05, 0.1) is 13.2 Å². The zero-order valence-corrected chi connectivity index (χ0v) is 11.5. The van der Waals surface area contributed by atoms with Crippen molar-refractivity contribution >= 4 is 5.91 Å². The number of carbonyl (C=O) groups excluding carboxylic acids is 1. The van der Waals surface area contributed by atoms with Crippen molar-refractivity contribution in [2.45, 2.75) is 26.4 Å². The third-order valence-electron chi connectivity index (χ3n) is 2.47. The second-order valence-corrected chi connectivity index (χ2v) is 4.38. The second kappa shape index (κ2) is 7.74. The van der Waals surface area contributed by atoms with Crippen LogP contribution < -0.4 is 10.1 Å². The Labute approximate surface area is 112 Å². The van der Waals surface area contributed by atoms with E-state index in [-0.39, 0.29) is 23.3 Å². The van der Waals surface area contributed by atoms with Crippen molar-refractivity contribution in [3.8, 4) is 5.75 Å². The zero-order chi connectivity index (χ0) is 14.3. The molecule has 0 aliphatic rings. The molecule has 0 saturated heterocycles. The quantitative estimate of drug-likeness (QED) is 0.773. The zero-order valence-electron chi connectivity index (χ0n) is 11.5. The Morgan fingerprint density at radius 3 is 2.74 bits per heavy atom. The van der Waals surface area contributed by atoms with Gasteiger partial charge in [-0.05, 0) is 38.5 Å². The van der Waals surface area contributed by atoms with Crippen LogP contribution in [0.5, 0.6) is 5.75 Å². The van der Waals surface area contributed by atoms with Crippen molar-refractivity contribution in [2.75, 3.05) is 20.3 Å². The second-order valence-electron chi connectivity index (χ2n) is 4.38. The van der Waals surface area contributed by atoms with E-state index in [9.17, 15) is 9.18 Å². The van der Waals surface area contributed by atoms with Crippen LogP contribution in [0.25, 0.3) is 0 Å². The van der Waals surface area contributed by atoms with E-state index < -0.39 is 5.82 Å². The molecule has 5 heteroatoms. The summed E-state index contributed by atoms with van der Waals surface area (Å²) in [7, 11) is 1.38. The first kappa shape index (κ1) is 15.4. The molecule has 1 amide bonds. The molecule has 4 nitrogen and oxygen atoms in total. The Kier molecular flexibility index (Phi) is 6.29. The van der Waals surface area contributed by atoms with Crippen LogP contribution >= 0.6 is 0 Å². The number of hydrogen-bond acceptors (Lipinski definition) is 3. The summed E-state index contributed by atoms with van der Waals surface area (Å²) >= 11 is 0. The number of halogens is 1. The van der Waals surface area contributed by atoms with E-state index in [0.29, 0.717) is 13.2 Å². The van der Waals surface area contributed by atoms with E-state index in [1.54, 1.807) is 0 Å². The van der Waals surface area contributed by atoms with Crippen LogP contribution in [-0.4, -0.2) is 32.3 Å². The molecule has 1 rings (SSSR count). The lowest BCUT2D eigenvalue weighted by atomic mass is 10.2. The van der Waals surface area contributed by atoms with Gasteiger partial charge in [-0.25, -0.2) is 4.39 Å². The van der Waals surface area contributed by atoms with Gasteiger partial charge in [0.15, 0.2) is 11.6 Å². The fourth-order valence-corrected chi connectivity index (χ4v) is 1.50. The molecule has 0 fully saturated rings. The highest BCUT2D eigenvalue weighted by Crippen LogP contribution is 2.17. The van der Waals surface area contributed by atoms with Crippen molar-refractivity contribution in [2.24, 2.45) is 0 Å². The largest absolute Gasteiger partial charge is 0.494 e. The van der Waals surface area contributed by atoms with Crippen molar-refractivity contribution in [3.05, 3.63) is 29.6 Å². The lowest BCUT2D eigenvalue weighted by Crippen LogP contribution is -2.25. The summed E-state index contributed by atoms with van der Waals surface area (Å²) in [5, 5.41) is 2.71. The lowest BCUT2D eigenvalue weighted by Gasteiger charge is -2.09. The molecule has 1 aromatic carbocycles. The topological polar surface area (TPSA) is 47.6 Å². The van der Waals surface area contributed by atoms with Gasteiger partial charge < -0.3 is 14.8 Å². The van der Waals surface area contributed by atoms with Gasteiger partial charge >= 0.3 is 0 Å². The minimum Gasteiger partial charge on any atom is -0.494 e. The van der Waals surface area contributed by atoms with Gasteiger partial charge in [0, 0.05) is 18.7 Å². The molecule has 106 valence electrons. The van der Waals surface area contributed by atoms with Gasteiger partial charge in [-0.1, -0.05) is 0 Å². The fraction of sp³-hybridized carbons (Fsp3) is 0.500. The first-order valence-electron chi connectivity index (χ1n) is 6.28. The number of benzene rings is 1. The monoisotopic (exact) mass is 269 g/mol. The van der Waals surface area contributed by atoms with E-state index in [4.69, 9.17) is 9.47 Å². The molecule has 0 aromatic heterocycles. The number of ether oxygens (including phenoxy) is 2. The maximum atomic E-state index is 13.4. The summed E-state index contributed by atoms with van der Waals surface area (Å²) in [5.74, 6) is -0.716. The van der Waals surface area contributed by atoms with Crippen LogP contribution in [0.4, 0.5) is 4.39 Å². The predicted molar refractivity (Wildman–Crippen MR) is 71.0 cm³/mol. The van der Waals surface area contributed by atoms with Crippen LogP contribution in [-0.2, 0) is 4.74 Å². The molecular weight excluding hydrogens is 249 g/mol. The molecular formula is C14H20FNO3. The van der Waals surface area contributed by atoms with Crippen molar-refractivity contribution in [3.63, 3.8) is 0 Å². The average molecular weight is 269 g/mol. The van der Waals surface area contributed by atoms with Crippen molar-refractivity contribution in [1.29, 1.82) is 0 Å². The SMILES string of the molecule is COc1ccc(C(=O)NCCCOC(C)C)cc1F. The smallest absolute Gasteiger partial charge is 0.251 e. The molecule has 19 heavy (non-hydrogen) atoms. The van der Waals surface area contributed by atoms with Gasteiger partial charge in [-0.3, -0.25) is 4.79 Å². The Hall–Kier alpha value is -1.62. The molecule has 1 aromatic rings. The van der Waals surface area contributed by atoms with E-state index in [2.05, 4.69) is 5.32 Å².